The van der Waals surface area contributed by atoms with Crippen molar-refractivity contribution in [1.29, 1.82) is 0 Å². The average molecular weight is 463 g/mol. The minimum Gasteiger partial charge on any atom is -0.494 e. The van der Waals surface area contributed by atoms with Crippen LogP contribution in [0, 0.1) is 11.7 Å². The molecule has 0 radical (unpaired) electrons. The summed E-state index contributed by atoms with van der Waals surface area (Å²) < 4.78 is 24.6. The Kier molecular flexibility index (Phi) is 7.42. The number of rotatable bonds is 7. The number of halogens is 1. The van der Waals surface area contributed by atoms with E-state index >= 15 is 0 Å². The van der Waals surface area contributed by atoms with Crippen LogP contribution in [0.1, 0.15) is 30.1 Å². The molecule has 0 saturated carbocycles. The first kappa shape index (κ1) is 23.3. The molecule has 1 aliphatic heterocycles. The number of nitrogens with one attached hydrogen (secondary N) is 1. The Morgan fingerprint density at radius 2 is 1.59 bits per heavy atom. The fourth-order valence-electron chi connectivity index (χ4n) is 3.91. The van der Waals surface area contributed by atoms with Gasteiger partial charge in [0.15, 0.2) is 5.75 Å². The third-order valence-electron chi connectivity index (χ3n) is 5.75. The second kappa shape index (κ2) is 10.8. The normalized spacial score (nSPS) is 13.9. The van der Waals surface area contributed by atoms with Gasteiger partial charge < -0.3 is 19.7 Å². The van der Waals surface area contributed by atoms with Crippen molar-refractivity contribution in [3.63, 3.8) is 0 Å². The van der Waals surface area contributed by atoms with Crippen LogP contribution in [0.5, 0.6) is 17.2 Å². The predicted molar refractivity (Wildman–Crippen MR) is 128 cm³/mol. The molecule has 0 unspecified atom stereocenters. The quantitative estimate of drug-likeness (QED) is 0.503. The summed E-state index contributed by atoms with van der Waals surface area (Å²) in [7, 11) is 0. The highest BCUT2D eigenvalue weighted by atomic mass is 19.1. The average Bonchev–Trinajstić information content (AvgIpc) is 2.87. The van der Waals surface area contributed by atoms with Gasteiger partial charge in [-0.1, -0.05) is 12.1 Å². The van der Waals surface area contributed by atoms with E-state index < -0.39 is 0 Å². The number of ether oxygens (including phenoxy) is 2. The summed E-state index contributed by atoms with van der Waals surface area (Å²) in [6, 6.07) is 20.1. The zero-order valence-electron chi connectivity index (χ0n) is 19.0. The third-order valence-corrected chi connectivity index (χ3v) is 5.75. The Morgan fingerprint density at radius 1 is 0.941 bits per heavy atom. The van der Waals surface area contributed by atoms with Crippen molar-refractivity contribution in [3.05, 3.63) is 84.2 Å². The van der Waals surface area contributed by atoms with Crippen molar-refractivity contribution in [1.82, 2.24) is 4.90 Å². The number of para-hydroxylation sites is 2. The molecule has 0 bridgehead atoms. The minimum atomic E-state index is -0.376. The topological polar surface area (TPSA) is 67.9 Å². The Bertz CT molecular complexity index is 1120. The predicted octanol–water partition coefficient (Wildman–Crippen LogP) is 5.51. The summed E-state index contributed by atoms with van der Waals surface area (Å²) >= 11 is 0. The maximum atomic E-state index is 13.1. The van der Waals surface area contributed by atoms with Crippen LogP contribution in [0.25, 0.3) is 0 Å². The number of nitrogens with zero attached hydrogens (tertiary/aromatic N) is 1. The summed E-state index contributed by atoms with van der Waals surface area (Å²) in [5.74, 6) is 1.11. The molecular formula is C27H27FN2O4. The van der Waals surface area contributed by atoms with Crippen LogP contribution < -0.4 is 14.8 Å². The molecule has 1 aliphatic rings. The molecular weight excluding hydrogens is 435 g/mol. The second-order valence-corrected chi connectivity index (χ2v) is 8.07. The van der Waals surface area contributed by atoms with E-state index in [0.29, 0.717) is 55.3 Å². The van der Waals surface area contributed by atoms with Crippen LogP contribution in [0.2, 0.25) is 0 Å². The highest BCUT2D eigenvalue weighted by Gasteiger charge is 2.28. The van der Waals surface area contributed by atoms with Crippen molar-refractivity contribution < 1.29 is 23.5 Å². The van der Waals surface area contributed by atoms with Gasteiger partial charge in [-0.2, -0.15) is 0 Å². The molecule has 34 heavy (non-hydrogen) atoms. The van der Waals surface area contributed by atoms with Gasteiger partial charge in [-0.3, -0.25) is 9.59 Å². The van der Waals surface area contributed by atoms with E-state index in [1.807, 2.05) is 43.3 Å². The van der Waals surface area contributed by atoms with Crippen molar-refractivity contribution in [2.45, 2.75) is 19.8 Å². The summed E-state index contributed by atoms with van der Waals surface area (Å²) in [4.78, 5) is 27.3. The number of carbonyl (C=O) groups is 2. The van der Waals surface area contributed by atoms with Crippen LogP contribution >= 0.6 is 0 Å². The fourth-order valence-corrected chi connectivity index (χ4v) is 3.91. The monoisotopic (exact) mass is 462 g/mol. The molecule has 0 atom stereocenters. The zero-order chi connectivity index (χ0) is 23.9. The highest BCUT2D eigenvalue weighted by Crippen LogP contribution is 2.31. The number of anilines is 1. The number of hydrogen-bond donors (Lipinski definition) is 1. The number of carbonyl (C=O) groups excluding carboxylic acids is 2. The molecule has 3 aromatic rings. The van der Waals surface area contributed by atoms with E-state index in [1.54, 1.807) is 17.0 Å². The molecule has 1 N–H and O–H groups in total. The lowest BCUT2D eigenvalue weighted by Crippen LogP contribution is -2.41. The Balaban J connectivity index is 1.34. The van der Waals surface area contributed by atoms with Crippen LogP contribution in [0.4, 0.5) is 10.1 Å². The maximum absolute atomic E-state index is 13.1. The van der Waals surface area contributed by atoms with Crippen LogP contribution in [0.3, 0.4) is 0 Å². The largest absolute Gasteiger partial charge is 0.494 e. The number of benzene rings is 3. The first-order valence-corrected chi connectivity index (χ1v) is 11.4. The Morgan fingerprint density at radius 3 is 2.26 bits per heavy atom. The van der Waals surface area contributed by atoms with Gasteiger partial charge in [-0.25, -0.2) is 4.39 Å². The SMILES string of the molecule is CCOc1ccc(Oc2ccccc2NC(=O)C2CCN(C(=O)c3ccc(F)cc3)CC2)cc1. The lowest BCUT2D eigenvalue weighted by molar-refractivity contribution is -0.121. The smallest absolute Gasteiger partial charge is 0.253 e. The van der Waals surface area contributed by atoms with Gasteiger partial charge >= 0.3 is 0 Å². The van der Waals surface area contributed by atoms with Crippen LogP contribution in [-0.4, -0.2) is 36.4 Å². The van der Waals surface area contributed by atoms with Crippen molar-refractivity contribution in [3.8, 4) is 17.2 Å². The molecule has 3 aromatic carbocycles. The van der Waals surface area contributed by atoms with Gasteiger partial charge in [0.25, 0.3) is 5.91 Å². The molecule has 6 nitrogen and oxygen atoms in total. The summed E-state index contributed by atoms with van der Waals surface area (Å²) in [5.41, 5.74) is 1.04. The summed E-state index contributed by atoms with van der Waals surface area (Å²) in [6.45, 7) is 3.46. The second-order valence-electron chi connectivity index (χ2n) is 8.07. The zero-order valence-corrected chi connectivity index (χ0v) is 19.0. The van der Waals surface area contributed by atoms with Gasteiger partial charge in [0, 0.05) is 24.6 Å². The van der Waals surface area contributed by atoms with E-state index in [1.165, 1.54) is 24.3 Å². The van der Waals surface area contributed by atoms with Gasteiger partial charge in [0.2, 0.25) is 5.91 Å². The van der Waals surface area contributed by atoms with Crippen LogP contribution in [-0.2, 0) is 4.79 Å². The molecule has 1 saturated heterocycles. The van der Waals surface area contributed by atoms with Gasteiger partial charge in [0.1, 0.15) is 17.3 Å². The molecule has 176 valence electrons. The standard InChI is InChI=1S/C27H27FN2O4/c1-2-33-22-11-13-23(14-12-22)34-25-6-4-3-5-24(25)29-26(31)19-15-17-30(18-16-19)27(32)20-7-9-21(28)10-8-20/h3-14,19H,2,15-18H2,1H3,(H,29,31). The minimum absolute atomic E-state index is 0.100. The maximum Gasteiger partial charge on any atom is 0.253 e. The summed E-state index contributed by atoms with van der Waals surface area (Å²) in [5, 5.41) is 2.98. The van der Waals surface area contributed by atoms with E-state index in [9.17, 15) is 14.0 Å². The fraction of sp³-hybridized carbons (Fsp3) is 0.259. The van der Waals surface area contributed by atoms with Crippen molar-refractivity contribution in [2.75, 3.05) is 25.0 Å². The first-order chi connectivity index (χ1) is 16.5. The highest BCUT2D eigenvalue weighted by molar-refractivity contribution is 5.96. The van der Waals surface area contributed by atoms with Crippen molar-refractivity contribution >= 4 is 17.5 Å². The van der Waals surface area contributed by atoms with Gasteiger partial charge in [-0.15, -0.1) is 0 Å². The number of hydrogen-bond acceptors (Lipinski definition) is 4. The van der Waals surface area contributed by atoms with Gasteiger partial charge in [-0.05, 0) is 80.4 Å². The lowest BCUT2D eigenvalue weighted by Gasteiger charge is -2.31. The summed E-state index contributed by atoms with van der Waals surface area (Å²) in [6.07, 6.45) is 1.11. The molecule has 2 amide bonds. The number of amides is 2. The first-order valence-electron chi connectivity index (χ1n) is 11.4. The van der Waals surface area contributed by atoms with E-state index in [4.69, 9.17) is 9.47 Å². The third kappa shape index (κ3) is 5.73. The lowest BCUT2D eigenvalue weighted by atomic mass is 9.95. The molecule has 4 rings (SSSR count). The van der Waals surface area contributed by atoms with Gasteiger partial charge in [0.05, 0.1) is 12.3 Å². The molecule has 7 heteroatoms. The van der Waals surface area contributed by atoms with Crippen LogP contribution in [0.15, 0.2) is 72.8 Å². The molecule has 0 aromatic heterocycles. The molecule has 0 aliphatic carbocycles. The van der Waals surface area contributed by atoms with Crippen molar-refractivity contribution in [2.24, 2.45) is 5.92 Å². The number of piperidine rings is 1. The van der Waals surface area contributed by atoms with E-state index in [0.717, 1.165) is 5.75 Å². The number of likely N-dealkylation sites (tertiary alicyclic amines) is 1. The van der Waals surface area contributed by atoms with E-state index in [2.05, 4.69) is 5.32 Å². The van der Waals surface area contributed by atoms with E-state index in [-0.39, 0.29) is 23.5 Å². The molecule has 1 fully saturated rings. The Labute approximate surface area is 198 Å². The molecule has 0 spiro atoms. The molecule has 1 heterocycles. The Hall–Kier alpha value is -3.87.